The molecule has 22 heavy (non-hydrogen) atoms. The molecule has 0 aliphatic carbocycles. The summed E-state index contributed by atoms with van der Waals surface area (Å²) in [5, 5.41) is 12.6. The Morgan fingerprint density at radius 2 is 2.18 bits per heavy atom. The van der Waals surface area contributed by atoms with E-state index in [-0.39, 0.29) is 0 Å². The highest BCUT2D eigenvalue weighted by molar-refractivity contribution is 5.60. The van der Waals surface area contributed by atoms with Gasteiger partial charge in [0.05, 0.1) is 23.6 Å². The van der Waals surface area contributed by atoms with Crippen molar-refractivity contribution in [3.63, 3.8) is 0 Å². The van der Waals surface area contributed by atoms with Crippen molar-refractivity contribution in [3.05, 3.63) is 46.9 Å². The minimum Gasteiger partial charge on any atom is -0.477 e. The van der Waals surface area contributed by atoms with E-state index in [2.05, 4.69) is 28.3 Å². The van der Waals surface area contributed by atoms with Gasteiger partial charge in [-0.2, -0.15) is 5.26 Å². The molecular weight excluding hydrogens is 276 g/mol. The number of hydrogen-bond acceptors (Lipinski definition) is 5. The number of nitrogens with zero attached hydrogens (tertiary/aromatic N) is 3. The molecule has 0 aliphatic heterocycles. The first-order chi connectivity index (χ1) is 10.7. The van der Waals surface area contributed by atoms with Crippen LogP contribution in [0.25, 0.3) is 0 Å². The Hall–Kier alpha value is -2.61. The van der Waals surface area contributed by atoms with Crippen LogP contribution in [-0.4, -0.2) is 16.6 Å². The molecule has 2 heterocycles. The molecule has 0 saturated heterocycles. The van der Waals surface area contributed by atoms with Gasteiger partial charge in [-0.1, -0.05) is 13.0 Å². The summed E-state index contributed by atoms with van der Waals surface area (Å²) >= 11 is 0. The first kappa shape index (κ1) is 15.8. The van der Waals surface area contributed by atoms with Crippen LogP contribution >= 0.6 is 0 Å². The molecule has 1 N–H and O–H groups in total. The monoisotopic (exact) mass is 296 g/mol. The summed E-state index contributed by atoms with van der Waals surface area (Å²) in [5.74, 6) is 0.637. The SMILES string of the molecule is CCCOc1ncccc1CNc1cc(C)nc(C)c1C#N. The number of nitrogens with one attached hydrogen (secondary N) is 1. The van der Waals surface area contributed by atoms with E-state index in [1.54, 1.807) is 6.20 Å². The summed E-state index contributed by atoms with van der Waals surface area (Å²) in [6.07, 6.45) is 2.65. The molecule has 0 radical (unpaired) electrons. The van der Waals surface area contributed by atoms with Crippen LogP contribution in [0.5, 0.6) is 5.88 Å². The third kappa shape index (κ3) is 3.73. The molecule has 0 bridgehead atoms. The van der Waals surface area contributed by atoms with Crippen molar-refractivity contribution < 1.29 is 4.74 Å². The summed E-state index contributed by atoms with van der Waals surface area (Å²) < 4.78 is 5.65. The fraction of sp³-hybridized carbons (Fsp3) is 0.353. The lowest BCUT2D eigenvalue weighted by Crippen LogP contribution is -2.07. The zero-order chi connectivity index (χ0) is 15.9. The van der Waals surface area contributed by atoms with Crippen molar-refractivity contribution in [3.8, 4) is 11.9 Å². The molecule has 2 aromatic rings. The number of anilines is 1. The third-order valence-corrected chi connectivity index (χ3v) is 3.20. The Labute approximate surface area is 131 Å². The van der Waals surface area contributed by atoms with Gasteiger partial charge in [-0.25, -0.2) is 4.98 Å². The highest BCUT2D eigenvalue weighted by atomic mass is 16.5. The van der Waals surface area contributed by atoms with Gasteiger partial charge in [-0.3, -0.25) is 4.98 Å². The van der Waals surface area contributed by atoms with Crippen LogP contribution in [0.1, 0.15) is 35.9 Å². The summed E-state index contributed by atoms with van der Waals surface area (Å²) in [5.41, 5.74) is 3.95. The second-order valence-electron chi connectivity index (χ2n) is 5.05. The fourth-order valence-corrected chi connectivity index (χ4v) is 2.19. The summed E-state index contributed by atoms with van der Waals surface area (Å²) in [7, 11) is 0. The maximum atomic E-state index is 9.29. The van der Waals surface area contributed by atoms with E-state index in [0.29, 0.717) is 24.6 Å². The number of ether oxygens (including phenoxy) is 1. The number of aryl methyl sites for hydroxylation is 2. The van der Waals surface area contributed by atoms with Gasteiger partial charge < -0.3 is 10.1 Å². The van der Waals surface area contributed by atoms with Gasteiger partial charge in [0.2, 0.25) is 5.88 Å². The zero-order valence-electron chi connectivity index (χ0n) is 13.2. The zero-order valence-corrected chi connectivity index (χ0v) is 13.2. The van der Waals surface area contributed by atoms with Gasteiger partial charge in [0.1, 0.15) is 6.07 Å². The minimum atomic E-state index is 0.546. The van der Waals surface area contributed by atoms with Crippen molar-refractivity contribution in [1.29, 1.82) is 5.26 Å². The fourth-order valence-electron chi connectivity index (χ4n) is 2.19. The molecule has 5 nitrogen and oxygen atoms in total. The number of rotatable bonds is 6. The number of pyridine rings is 2. The first-order valence-electron chi connectivity index (χ1n) is 7.34. The van der Waals surface area contributed by atoms with E-state index < -0.39 is 0 Å². The van der Waals surface area contributed by atoms with Crippen molar-refractivity contribution in [2.75, 3.05) is 11.9 Å². The average molecular weight is 296 g/mol. The Morgan fingerprint density at radius 3 is 2.91 bits per heavy atom. The Kier molecular flexibility index (Phi) is 5.31. The topological polar surface area (TPSA) is 70.8 Å². The van der Waals surface area contributed by atoms with Crippen LogP contribution in [0.2, 0.25) is 0 Å². The minimum absolute atomic E-state index is 0.546. The molecule has 0 fully saturated rings. The van der Waals surface area contributed by atoms with E-state index >= 15 is 0 Å². The van der Waals surface area contributed by atoms with Crippen LogP contribution in [0.15, 0.2) is 24.4 Å². The van der Waals surface area contributed by atoms with E-state index in [9.17, 15) is 5.26 Å². The molecule has 5 heteroatoms. The van der Waals surface area contributed by atoms with E-state index in [1.165, 1.54) is 0 Å². The van der Waals surface area contributed by atoms with Crippen molar-refractivity contribution >= 4 is 5.69 Å². The highest BCUT2D eigenvalue weighted by Crippen LogP contribution is 2.21. The molecule has 0 unspecified atom stereocenters. The Bertz CT molecular complexity index is 692. The summed E-state index contributed by atoms with van der Waals surface area (Å²) in [4.78, 5) is 8.59. The maximum Gasteiger partial charge on any atom is 0.218 e. The summed E-state index contributed by atoms with van der Waals surface area (Å²) in [6, 6.07) is 7.94. The summed E-state index contributed by atoms with van der Waals surface area (Å²) in [6.45, 7) is 7.00. The molecule has 2 rings (SSSR count). The van der Waals surface area contributed by atoms with Gasteiger partial charge >= 0.3 is 0 Å². The van der Waals surface area contributed by atoms with E-state index in [4.69, 9.17) is 4.74 Å². The van der Waals surface area contributed by atoms with Crippen molar-refractivity contribution in [2.45, 2.75) is 33.7 Å². The van der Waals surface area contributed by atoms with Gasteiger partial charge in [-0.15, -0.1) is 0 Å². The molecule has 0 aliphatic rings. The van der Waals surface area contributed by atoms with Gasteiger partial charge in [-0.05, 0) is 32.4 Å². The molecule has 0 atom stereocenters. The van der Waals surface area contributed by atoms with Crippen LogP contribution in [0.4, 0.5) is 5.69 Å². The van der Waals surface area contributed by atoms with Crippen LogP contribution in [0.3, 0.4) is 0 Å². The third-order valence-electron chi connectivity index (χ3n) is 3.20. The lowest BCUT2D eigenvalue weighted by Gasteiger charge is -2.13. The number of hydrogen-bond donors (Lipinski definition) is 1. The normalized spacial score (nSPS) is 10.1. The average Bonchev–Trinajstić information content (AvgIpc) is 2.51. The van der Waals surface area contributed by atoms with E-state index in [1.807, 2.05) is 32.0 Å². The van der Waals surface area contributed by atoms with Crippen LogP contribution in [-0.2, 0) is 6.54 Å². The van der Waals surface area contributed by atoms with Crippen molar-refractivity contribution in [2.24, 2.45) is 0 Å². The lowest BCUT2D eigenvalue weighted by molar-refractivity contribution is 0.302. The van der Waals surface area contributed by atoms with Gasteiger partial charge in [0, 0.05) is 24.0 Å². The molecular formula is C17H20N4O. The maximum absolute atomic E-state index is 9.29. The predicted molar refractivity (Wildman–Crippen MR) is 85.8 cm³/mol. The van der Waals surface area contributed by atoms with Crippen LogP contribution in [0, 0.1) is 25.2 Å². The second kappa shape index (κ2) is 7.41. The molecule has 2 aromatic heterocycles. The van der Waals surface area contributed by atoms with Gasteiger partial charge in [0.15, 0.2) is 0 Å². The first-order valence-corrected chi connectivity index (χ1v) is 7.34. The quantitative estimate of drug-likeness (QED) is 0.885. The Morgan fingerprint density at radius 1 is 1.36 bits per heavy atom. The number of nitriles is 1. The molecule has 0 saturated carbocycles. The molecule has 0 aromatic carbocycles. The highest BCUT2D eigenvalue weighted by Gasteiger charge is 2.10. The van der Waals surface area contributed by atoms with Crippen LogP contribution < -0.4 is 10.1 Å². The van der Waals surface area contributed by atoms with E-state index in [0.717, 1.165) is 29.1 Å². The smallest absolute Gasteiger partial charge is 0.218 e. The van der Waals surface area contributed by atoms with Gasteiger partial charge in [0.25, 0.3) is 0 Å². The number of aromatic nitrogens is 2. The van der Waals surface area contributed by atoms with Crippen molar-refractivity contribution in [1.82, 2.24) is 9.97 Å². The lowest BCUT2D eigenvalue weighted by atomic mass is 10.1. The molecule has 114 valence electrons. The Balaban J connectivity index is 2.19. The second-order valence-corrected chi connectivity index (χ2v) is 5.05. The molecule has 0 amide bonds. The predicted octanol–water partition coefficient (Wildman–Crippen LogP) is 3.37. The molecule has 0 spiro atoms. The largest absolute Gasteiger partial charge is 0.477 e. The standard InChI is InChI=1S/C17H20N4O/c1-4-8-22-17-14(6-5-7-19-17)11-20-16-9-12(2)21-13(3)15(16)10-18/h5-7,9H,4,8,11H2,1-3H3,(H,20,21).